The molecule has 5 nitrogen and oxygen atoms in total. The molecule has 1 saturated heterocycles. The summed E-state index contributed by atoms with van der Waals surface area (Å²) < 4.78 is 0. The van der Waals surface area contributed by atoms with Gasteiger partial charge in [-0.05, 0) is 36.8 Å². The van der Waals surface area contributed by atoms with Crippen molar-refractivity contribution < 1.29 is 4.79 Å². The molecule has 0 bridgehead atoms. The number of pyridine rings is 1. The maximum absolute atomic E-state index is 12.1. The molecule has 0 aliphatic carbocycles. The molecule has 1 aromatic carbocycles. The molecule has 1 aliphatic heterocycles. The predicted octanol–water partition coefficient (Wildman–Crippen LogP) is 1.83. The van der Waals surface area contributed by atoms with E-state index in [2.05, 4.69) is 51.3 Å². The van der Waals surface area contributed by atoms with Crippen LogP contribution in [-0.2, 0) is 11.3 Å². The average Bonchev–Trinajstić information content (AvgIpc) is 2.61. The molecule has 2 heterocycles. The number of hydrogen-bond donors (Lipinski definition) is 1. The van der Waals surface area contributed by atoms with E-state index in [-0.39, 0.29) is 5.91 Å². The number of nitrogens with one attached hydrogen (secondary N) is 1. The van der Waals surface area contributed by atoms with E-state index in [9.17, 15) is 4.79 Å². The van der Waals surface area contributed by atoms with Crippen molar-refractivity contribution in [2.24, 2.45) is 0 Å². The number of nitrogens with zero attached hydrogens (tertiary/aromatic N) is 3. The highest BCUT2D eigenvalue weighted by atomic mass is 16.2. The highest BCUT2D eigenvalue weighted by Gasteiger charge is 2.19. The monoisotopic (exact) mass is 324 g/mol. The van der Waals surface area contributed by atoms with Crippen LogP contribution in [0.25, 0.3) is 0 Å². The third-order valence-electron chi connectivity index (χ3n) is 4.30. The zero-order chi connectivity index (χ0) is 16.8. The number of anilines is 1. The Bertz CT molecular complexity index is 666. The van der Waals surface area contributed by atoms with Crippen LogP contribution in [-0.4, -0.2) is 48.5 Å². The van der Waals surface area contributed by atoms with Gasteiger partial charge in [0.2, 0.25) is 5.91 Å². The minimum absolute atomic E-state index is 0.0599. The Morgan fingerprint density at radius 3 is 2.67 bits per heavy atom. The number of benzene rings is 1. The summed E-state index contributed by atoms with van der Waals surface area (Å²) >= 11 is 0. The molecule has 1 aromatic heterocycles. The Labute approximate surface area is 143 Å². The minimum atomic E-state index is 0.0599. The minimum Gasteiger partial charge on any atom is -0.369 e. The van der Waals surface area contributed by atoms with Gasteiger partial charge in [-0.25, -0.2) is 0 Å². The number of hydrogen-bond acceptors (Lipinski definition) is 4. The van der Waals surface area contributed by atoms with Crippen molar-refractivity contribution >= 4 is 11.6 Å². The second-order valence-corrected chi connectivity index (χ2v) is 6.20. The highest BCUT2D eigenvalue weighted by Crippen LogP contribution is 2.17. The van der Waals surface area contributed by atoms with Gasteiger partial charge in [-0.3, -0.25) is 14.7 Å². The molecule has 1 fully saturated rings. The van der Waals surface area contributed by atoms with E-state index in [0.717, 1.165) is 31.9 Å². The normalized spacial score (nSPS) is 15.3. The van der Waals surface area contributed by atoms with Gasteiger partial charge in [-0.1, -0.05) is 18.2 Å². The molecule has 0 saturated carbocycles. The standard InChI is InChI=1S/C19H24N4O/c1-16-5-4-7-18(13-16)23-11-9-22(10-12-23)15-19(24)21-14-17-6-2-3-8-20-17/h2-8,13H,9-12,14-15H2,1H3,(H,21,24). The predicted molar refractivity (Wildman–Crippen MR) is 95.9 cm³/mol. The Hall–Kier alpha value is -2.40. The molecular formula is C19H24N4O. The lowest BCUT2D eigenvalue weighted by Crippen LogP contribution is -2.49. The van der Waals surface area contributed by atoms with Crippen LogP contribution >= 0.6 is 0 Å². The smallest absolute Gasteiger partial charge is 0.234 e. The third-order valence-corrected chi connectivity index (χ3v) is 4.30. The van der Waals surface area contributed by atoms with Crippen LogP contribution in [0.3, 0.4) is 0 Å². The van der Waals surface area contributed by atoms with E-state index >= 15 is 0 Å². The summed E-state index contributed by atoms with van der Waals surface area (Å²) in [6, 6.07) is 14.3. The van der Waals surface area contributed by atoms with Crippen molar-refractivity contribution in [3.63, 3.8) is 0 Å². The Kier molecular flexibility index (Phi) is 5.43. The van der Waals surface area contributed by atoms with Crippen LogP contribution in [0.4, 0.5) is 5.69 Å². The molecular weight excluding hydrogens is 300 g/mol. The Morgan fingerprint density at radius 2 is 1.96 bits per heavy atom. The van der Waals surface area contributed by atoms with Crippen molar-refractivity contribution in [3.8, 4) is 0 Å². The Balaban J connectivity index is 1.42. The van der Waals surface area contributed by atoms with E-state index < -0.39 is 0 Å². The van der Waals surface area contributed by atoms with Crippen LogP contribution in [0.2, 0.25) is 0 Å². The fraction of sp³-hybridized carbons (Fsp3) is 0.368. The molecule has 5 heteroatoms. The Morgan fingerprint density at radius 1 is 1.12 bits per heavy atom. The maximum Gasteiger partial charge on any atom is 0.234 e. The molecule has 2 aromatic rings. The number of carbonyl (C=O) groups is 1. The zero-order valence-electron chi connectivity index (χ0n) is 14.1. The van der Waals surface area contributed by atoms with Crippen molar-refractivity contribution in [2.45, 2.75) is 13.5 Å². The van der Waals surface area contributed by atoms with Gasteiger partial charge in [0.25, 0.3) is 0 Å². The molecule has 0 atom stereocenters. The van der Waals surface area contributed by atoms with Crippen molar-refractivity contribution in [2.75, 3.05) is 37.6 Å². The molecule has 1 N–H and O–H groups in total. The van der Waals surface area contributed by atoms with E-state index in [4.69, 9.17) is 0 Å². The van der Waals surface area contributed by atoms with E-state index in [1.54, 1.807) is 6.20 Å². The van der Waals surface area contributed by atoms with Crippen LogP contribution in [0.5, 0.6) is 0 Å². The van der Waals surface area contributed by atoms with E-state index in [0.29, 0.717) is 13.1 Å². The van der Waals surface area contributed by atoms with Gasteiger partial charge in [0.05, 0.1) is 18.8 Å². The fourth-order valence-electron chi connectivity index (χ4n) is 2.94. The second-order valence-electron chi connectivity index (χ2n) is 6.20. The molecule has 0 radical (unpaired) electrons. The summed E-state index contributed by atoms with van der Waals surface area (Å²) in [7, 11) is 0. The summed E-state index contributed by atoms with van der Waals surface area (Å²) in [6.45, 7) is 6.78. The molecule has 1 amide bonds. The number of aromatic nitrogens is 1. The van der Waals surface area contributed by atoms with Crippen LogP contribution in [0.1, 0.15) is 11.3 Å². The zero-order valence-corrected chi connectivity index (χ0v) is 14.1. The van der Waals surface area contributed by atoms with Crippen molar-refractivity contribution in [3.05, 3.63) is 59.9 Å². The number of aryl methyl sites for hydroxylation is 1. The fourth-order valence-corrected chi connectivity index (χ4v) is 2.94. The first kappa shape index (κ1) is 16.5. The molecule has 126 valence electrons. The van der Waals surface area contributed by atoms with Crippen LogP contribution < -0.4 is 10.2 Å². The molecule has 1 aliphatic rings. The van der Waals surface area contributed by atoms with Gasteiger partial charge in [0.1, 0.15) is 0 Å². The first-order valence-corrected chi connectivity index (χ1v) is 8.41. The van der Waals surface area contributed by atoms with Crippen LogP contribution in [0, 0.1) is 6.92 Å². The quantitative estimate of drug-likeness (QED) is 0.911. The van der Waals surface area contributed by atoms with Gasteiger partial charge < -0.3 is 10.2 Å². The summed E-state index contributed by atoms with van der Waals surface area (Å²) in [5, 5.41) is 2.94. The average molecular weight is 324 g/mol. The lowest BCUT2D eigenvalue weighted by Gasteiger charge is -2.35. The molecule has 3 rings (SSSR count). The first-order chi connectivity index (χ1) is 11.7. The summed E-state index contributed by atoms with van der Waals surface area (Å²) in [4.78, 5) is 20.9. The van der Waals surface area contributed by atoms with Gasteiger partial charge in [0.15, 0.2) is 0 Å². The second kappa shape index (κ2) is 7.93. The van der Waals surface area contributed by atoms with E-state index in [1.165, 1.54) is 11.3 Å². The summed E-state index contributed by atoms with van der Waals surface area (Å²) in [6.07, 6.45) is 1.74. The number of amides is 1. The first-order valence-electron chi connectivity index (χ1n) is 8.41. The number of rotatable bonds is 5. The number of carbonyl (C=O) groups excluding carboxylic acids is 1. The van der Waals surface area contributed by atoms with Gasteiger partial charge in [-0.15, -0.1) is 0 Å². The maximum atomic E-state index is 12.1. The molecule has 24 heavy (non-hydrogen) atoms. The third kappa shape index (κ3) is 4.55. The van der Waals surface area contributed by atoms with Crippen molar-refractivity contribution in [1.82, 2.24) is 15.2 Å². The lowest BCUT2D eigenvalue weighted by atomic mass is 10.2. The highest BCUT2D eigenvalue weighted by molar-refractivity contribution is 5.78. The topological polar surface area (TPSA) is 48.5 Å². The largest absolute Gasteiger partial charge is 0.369 e. The molecule has 0 unspecified atom stereocenters. The van der Waals surface area contributed by atoms with Gasteiger partial charge >= 0.3 is 0 Å². The SMILES string of the molecule is Cc1cccc(N2CCN(CC(=O)NCc3ccccn3)CC2)c1. The molecule has 0 spiro atoms. The number of piperazine rings is 1. The summed E-state index contributed by atoms with van der Waals surface area (Å²) in [5.41, 5.74) is 3.44. The lowest BCUT2D eigenvalue weighted by molar-refractivity contribution is -0.122. The van der Waals surface area contributed by atoms with Crippen molar-refractivity contribution in [1.29, 1.82) is 0 Å². The van der Waals surface area contributed by atoms with Gasteiger partial charge in [-0.2, -0.15) is 0 Å². The van der Waals surface area contributed by atoms with Crippen LogP contribution in [0.15, 0.2) is 48.7 Å². The van der Waals surface area contributed by atoms with E-state index in [1.807, 2.05) is 18.2 Å². The summed E-state index contributed by atoms with van der Waals surface area (Å²) in [5.74, 6) is 0.0599. The van der Waals surface area contributed by atoms with Gasteiger partial charge in [0, 0.05) is 38.1 Å².